The highest BCUT2D eigenvalue weighted by Crippen LogP contribution is 2.13. The summed E-state index contributed by atoms with van der Waals surface area (Å²) in [4.78, 5) is 13.9. The minimum absolute atomic E-state index is 0.0800. The molecule has 0 bridgehead atoms. The van der Waals surface area contributed by atoms with E-state index in [1.54, 1.807) is 17.9 Å². The van der Waals surface area contributed by atoms with Gasteiger partial charge in [-0.2, -0.15) is 0 Å². The van der Waals surface area contributed by atoms with E-state index in [2.05, 4.69) is 0 Å². The van der Waals surface area contributed by atoms with Gasteiger partial charge in [0.25, 0.3) is 5.91 Å². The lowest BCUT2D eigenvalue weighted by atomic mass is 10.1. The number of halogens is 1. The van der Waals surface area contributed by atoms with Crippen molar-refractivity contribution in [1.82, 2.24) is 4.90 Å². The van der Waals surface area contributed by atoms with Crippen molar-refractivity contribution in [3.63, 3.8) is 0 Å². The van der Waals surface area contributed by atoms with Gasteiger partial charge in [0.05, 0.1) is 0 Å². The Bertz CT molecular complexity index is 404. The lowest BCUT2D eigenvalue weighted by Crippen LogP contribution is -2.40. The molecule has 0 spiro atoms. The zero-order valence-electron chi connectivity index (χ0n) is 10.5. The molecule has 94 valence electrons. The molecule has 0 heterocycles. The highest BCUT2D eigenvalue weighted by Gasteiger charge is 2.18. The molecule has 0 fully saturated rings. The number of nitrogens with two attached hydrogens (primary N) is 1. The number of amides is 1. The lowest BCUT2D eigenvalue weighted by Gasteiger charge is -2.26. The van der Waals surface area contributed by atoms with Crippen molar-refractivity contribution in [1.29, 1.82) is 0 Å². The average molecular weight is 238 g/mol. The maximum atomic E-state index is 13.1. The van der Waals surface area contributed by atoms with E-state index in [9.17, 15) is 9.18 Å². The second kappa shape index (κ2) is 5.77. The molecule has 1 aromatic rings. The van der Waals surface area contributed by atoms with Crippen LogP contribution in [0.15, 0.2) is 18.2 Å². The molecule has 0 atom stereocenters. The Hall–Kier alpha value is -1.42. The Morgan fingerprint density at radius 1 is 1.47 bits per heavy atom. The van der Waals surface area contributed by atoms with Crippen LogP contribution in [0.1, 0.15) is 29.8 Å². The number of aryl methyl sites for hydroxylation is 1. The van der Waals surface area contributed by atoms with E-state index in [1.807, 2.05) is 13.8 Å². The summed E-state index contributed by atoms with van der Waals surface area (Å²) in [6.07, 6.45) is 0. The van der Waals surface area contributed by atoms with E-state index < -0.39 is 0 Å². The largest absolute Gasteiger partial charge is 0.335 e. The van der Waals surface area contributed by atoms with Gasteiger partial charge in [-0.05, 0) is 44.5 Å². The van der Waals surface area contributed by atoms with Crippen molar-refractivity contribution in [3.8, 4) is 0 Å². The van der Waals surface area contributed by atoms with Crippen LogP contribution in [0.2, 0.25) is 0 Å². The van der Waals surface area contributed by atoms with Crippen LogP contribution in [0.25, 0.3) is 0 Å². The Morgan fingerprint density at radius 3 is 2.59 bits per heavy atom. The first-order valence-electron chi connectivity index (χ1n) is 5.74. The third kappa shape index (κ3) is 3.27. The summed E-state index contributed by atoms with van der Waals surface area (Å²) in [5, 5.41) is 0. The number of hydrogen-bond donors (Lipinski definition) is 1. The van der Waals surface area contributed by atoms with Crippen molar-refractivity contribution in [2.24, 2.45) is 5.73 Å². The molecular weight excluding hydrogens is 219 g/mol. The molecule has 0 aromatic heterocycles. The van der Waals surface area contributed by atoms with E-state index in [1.165, 1.54) is 12.1 Å². The van der Waals surface area contributed by atoms with Crippen molar-refractivity contribution >= 4 is 5.91 Å². The van der Waals surface area contributed by atoms with Crippen LogP contribution < -0.4 is 5.73 Å². The Labute approximate surface area is 101 Å². The summed E-state index contributed by atoms with van der Waals surface area (Å²) >= 11 is 0. The maximum absolute atomic E-state index is 13.1. The predicted octanol–water partition coefficient (Wildman–Crippen LogP) is 1.94. The third-order valence-electron chi connectivity index (χ3n) is 2.66. The zero-order valence-corrected chi connectivity index (χ0v) is 10.5. The van der Waals surface area contributed by atoms with Gasteiger partial charge < -0.3 is 10.6 Å². The van der Waals surface area contributed by atoms with E-state index in [-0.39, 0.29) is 17.8 Å². The SMILES string of the molecule is Cc1cc(C(=O)N(CCN)C(C)C)ccc1F. The zero-order chi connectivity index (χ0) is 13.0. The molecule has 0 radical (unpaired) electrons. The van der Waals surface area contributed by atoms with E-state index >= 15 is 0 Å². The topological polar surface area (TPSA) is 46.3 Å². The van der Waals surface area contributed by atoms with Gasteiger partial charge in [0.1, 0.15) is 5.82 Å². The van der Waals surface area contributed by atoms with Crippen molar-refractivity contribution in [3.05, 3.63) is 35.1 Å². The minimum Gasteiger partial charge on any atom is -0.335 e. The molecule has 0 aliphatic heterocycles. The van der Waals surface area contributed by atoms with Crippen LogP contribution in [0.3, 0.4) is 0 Å². The molecule has 1 rings (SSSR count). The highest BCUT2D eigenvalue weighted by atomic mass is 19.1. The fourth-order valence-corrected chi connectivity index (χ4v) is 1.68. The first-order valence-corrected chi connectivity index (χ1v) is 5.74. The molecule has 3 nitrogen and oxygen atoms in total. The maximum Gasteiger partial charge on any atom is 0.254 e. The number of hydrogen-bond acceptors (Lipinski definition) is 2. The van der Waals surface area contributed by atoms with E-state index in [0.717, 1.165) is 0 Å². The predicted molar refractivity (Wildman–Crippen MR) is 66.4 cm³/mol. The van der Waals surface area contributed by atoms with Crippen molar-refractivity contribution in [2.45, 2.75) is 26.8 Å². The fraction of sp³-hybridized carbons (Fsp3) is 0.462. The molecule has 0 aliphatic carbocycles. The number of benzene rings is 1. The van der Waals surface area contributed by atoms with Gasteiger partial charge in [-0.15, -0.1) is 0 Å². The standard InChI is InChI=1S/C13H19FN2O/c1-9(2)16(7-6-15)13(17)11-4-5-12(14)10(3)8-11/h4-5,8-9H,6-7,15H2,1-3H3. The molecule has 4 heteroatoms. The number of nitrogens with zero attached hydrogens (tertiary/aromatic N) is 1. The summed E-state index contributed by atoms with van der Waals surface area (Å²) in [7, 11) is 0. The van der Waals surface area contributed by atoms with Crippen LogP contribution in [0.5, 0.6) is 0 Å². The van der Waals surface area contributed by atoms with Crippen LogP contribution in [0.4, 0.5) is 4.39 Å². The Morgan fingerprint density at radius 2 is 2.12 bits per heavy atom. The highest BCUT2D eigenvalue weighted by molar-refractivity contribution is 5.94. The second-order valence-corrected chi connectivity index (χ2v) is 4.34. The first kappa shape index (κ1) is 13.6. The van der Waals surface area contributed by atoms with Crippen LogP contribution in [-0.2, 0) is 0 Å². The summed E-state index contributed by atoms with van der Waals surface area (Å²) in [5.41, 5.74) is 6.47. The van der Waals surface area contributed by atoms with E-state index in [4.69, 9.17) is 5.73 Å². The van der Waals surface area contributed by atoms with Crippen molar-refractivity contribution < 1.29 is 9.18 Å². The molecule has 17 heavy (non-hydrogen) atoms. The summed E-state index contributed by atoms with van der Waals surface area (Å²) in [5.74, 6) is -0.398. The number of carbonyl (C=O) groups is 1. The molecular formula is C13H19FN2O. The quantitative estimate of drug-likeness (QED) is 0.871. The molecule has 0 saturated carbocycles. The van der Waals surface area contributed by atoms with Gasteiger partial charge in [-0.1, -0.05) is 0 Å². The molecule has 2 N–H and O–H groups in total. The smallest absolute Gasteiger partial charge is 0.254 e. The van der Waals surface area contributed by atoms with Crippen LogP contribution in [0, 0.1) is 12.7 Å². The van der Waals surface area contributed by atoms with Gasteiger partial charge in [0, 0.05) is 24.7 Å². The Kier molecular flexibility index (Phi) is 4.63. The van der Waals surface area contributed by atoms with E-state index in [0.29, 0.717) is 24.2 Å². The third-order valence-corrected chi connectivity index (χ3v) is 2.66. The minimum atomic E-state index is -0.295. The normalized spacial score (nSPS) is 10.7. The molecule has 0 aliphatic rings. The molecule has 1 amide bonds. The molecule has 0 saturated heterocycles. The summed E-state index contributed by atoms with van der Waals surface area (Å²) in [6.45, 7) is 6.44. The average Bonchev–Trinajstić information content (AvgIpc) is 2.28. The van der Waals surface area contributed by atoms with Gasteiger partial charge in [0.2, 0.25) is 0 Å². The summed E-state index contributed by atoms with van der Waals surface area (Å²) < 4.78 is 13.1. The van der Waals surface area contributed by atoms with Gasteiger partial charge in [0.15, 0.2) is 0 Å². The fourth-order valence-electron chi connectivity index (χ4n) is 1.68. The first-order chi connectivity index (χ1) is 7.97. The second-order valence-electron chi connectivity index (χ2n) is 4.34. The van der Waals surface area contributed by atoms with Gasteiger partial charge >= 0.3 is 0 Å². The van der Waals surface area contributed by atoms with Crippen molar-refractivity contribution in [2.75, 3.05) is 13.1 Å². The summed E-state index contributed by atoms with van der Waals surface area (Å²) in [6, 6.07) is 4.49. The van der Waals surface area contributed by atoms with Gasteiger partial charge in [-0.25, -0.2) is 4.39 Å². The molecule has 1 aromatic carbocycles. The molecule has 0 unspecified atom stereocenters. The van der Waals surface area contributed by atoms with Crippen LogP contribution in [-0.4, -0.2) is 29.9 Å². The lowest BCUT2D eigenvalue weighted by molar-refractivity contribution is 0.0711. The number of carbonyl (C=O) groups excluding carboxylic acids is 1. The van der Waals surface area contributed by atoms with Crippen LogP contribution >= 0.6 is 0 Å². The monoisotopic (exact) mass is 238 g/mol. The van der Waals surface area contributed by atoms with Gasteiger partial charge in [-0.3, -0.25) is 4.79 Å². The number of rotatable bonds is 4. The Balaban J connectivity index is 2.97.